The van der Waals surface area contributed by atoms with Crippen molar-refractivity contribution in [1.29, 1.82) is 0 Å². The van der Waals surface area contributed by atoms with Gasteiger partial charge in [-0.15, -0.1) is 0 Å². The van der Waals surface area contributed by atoms with Crippen molar-refractivity contribution in [3.05, 3.63) is 154 Å². The van der Waals surface area contributed by atoms with Crippen molar-refractivity contribution in [3.8, 4) is 0 Å². The Morgan fingerprint density at radius 1 is 0.491 bits per heavy atom. The topological polar surface area (TPSA) is 28.6 Å². The van der Waals surface area contributed by atoms with Gasteiger partial charge in [-0.1, -0.05) is 83.8 Å². The molecule has 5 rings (SSSR count). The van der Waals surface area contributed by atoms with Gasteiger partial charge < -0.3 is 10.4 Å². The number of aryl methyl sites for hydroxylation is 3. The number of hydrogen-bond donors (Lipinski definition) is 0. The van der Waals surface area contributed by atoms with Crippen molar-refractivity contribution in [1.82, 2.24) is 0 Å². The maximum absolute atomic E-state index is 11.5. The number of anilines is 1. The summed E-state index contributed by atoms with van der Waals surface area (Å²) in [6, 6.07) is 39.2. The number of unbranched alkanes of at least 4 members (excludes halogenated alkanes) is 9. The van der Waals surface area contributed by atoms with E-state index < -0.39 is 0 Å². The fraction of sp³-hybridized carbons (Fsp3) is 0.451. The van der Waals surface area contributed by atoms with Gasteiger partial charge >= 0.3 is 112 Å². The minimum absolute atomic E-state index is 0.882. The molecule has 0 fully saturated rings. The van der Waals surface area contributed by atoms with Crippen LogP contribution in [0.1, 0.15) is 133 Å². The molecular formula is C51H69N3Pd. The average molecular weight is 831 g/mol. The SMILES string of the molecule is CCCCCCCCCC1=C(c2ccc(CCCCCC)cc2)[N+](=[N-])C(c2ccc(N(CC)CC)cc2)=C1.c1ccc(C[CH2][Pd][CH2]Cc2ccccc2)cc1. The monoisotopic (exact) mass is 829 g/mol. The van der Waals surface area contributed by atoms with E-state index in [0.717, 1.165) is 66.4 Å². The van der Waals surface area contributed by atoms with E-state index in [9.17, 15) is 5.53 Å². The molecule has 0 aliphatic carbocycles. The molecule has 0 radical (unpaired) electrons. The first-order valence-electron chi connectivity index (χ1n) is 21.5. The van der Waals surface area contributed by atoms with Crippen LogP contribution in [0.2, 0.25) is 9.79 Å². The van der Waals surface area contributed by atoms with E-state index in [1.54, 1.807) is 0 Å². The van der Waals surface area contributed by atoms with Crippen molar-refractivity contribution in [2.24, 2.45) is 0 Å². The summed E-state index contributed by atoms with van der Waals surface area (Å²) in [4.78, 5) is 5.06. The molecule has 4 aromatic carbocycles. The standard InChI is InChI=1S/C35H51N3.2C8H9.Pd/c1-5-9-11-13-14-15-17-19-32-28-34(30-24-26-33(27-25-30)37(7-3)8-4)38(36)35(32)31-22-20-29(21-23-31)18-16-12-10-6-2;2*1-2-8-6-4-3-5-7-8;/h20-28H,5-19H2,1-4H3;2*3-7H,1-2H2;. The zero-order chi connectivity index (χ0) is 38.9. The summed E-state index contributed by atoms with van der Waals surface area (Å²) in [5, 5.41) is 0. The molecule has 0 aromatic heterocycles. The Kier molecular flexibility index (Phi) is 21.1. The van der Waals surface area contributed by atoms with Gasteiger partial charge in [-0.05, 0) is 81.5 Å². The van der Waals surface area contributed by atoms with Crippen LogP contribution in [0.15, 0.2) is 121 Å². The van der Waals surface area contributed by atoms with Crippen LogP contribution in [-0.2, 0) is 37.2 Å². The second kappa shape index (κ2) is 26.3. The zero-order valence-electron chi connectivity index (χ0n) is 34.6. The molecule has 1 heterocycles. The first kappa shape index (κ1) is 44.1. The number of nitrogens with zero attached hydrogens (tertiary/aromatic N) is 3. The fourth-order valence-electron chi connectivity index (χ4n) is 7.21. The van der Waals surface area contributed by atoms with E-state index >= 15 is 0 Å². The van der Waals surface area contributed by atoms with Gasteiger partial charge in [0.2, 0.25) is 11.4 Å². The van der Waals surface area contributed by atoms with Gasteiger partial charge in [0.1, 0.15) is 0 Å². The molecule has 4 aromatic rings. The van der Waals surface area contributed by atoms with Gasteiger partial charge in [-0.25, -0.2) is 4.70 Å². The molecule has 1 aliphatic rings. The van der Waals surface area contributed by atoms with Gasteiger partial charge in [0.25, 0.3) is 0 Å². The first-order valence-corrected chi connectivity index (χ1v) is 23.7. The maximum atomic E-state index is 11.5. The van der Waals surface area contributed by atoms with Crippen LogP contribution < -0.4 is 4.90 Å². The summed E-state index contributed by atoms with van der Waals surface area (Å²) in [7, 11) is 0. The Labute approximate surface area is 344 Å². The molecule has 0 spiro atoms. The van der Waals surface area contributed by atoms with E-state index in [0.29, 0.717) is 0 Å². The molecule has 0 N–H and O–H groups in total. The van der Waals surface area contributed by atoms with Gasteiger partial charge in [-0.2, -0.15) is 0 Å². The zero-order valence-corrected chi connectivity index (χ0v) is 36.1. The van der Waals surface area contributed by atoms with Crippen LogP contribution in [0.25, 0.3) is 16.9 Å². The third-order valence-corrected chi connectivity index (χ3v) is 12.5. The Bertz CT molecular complexity index is 1650. The van der Waals surface area contributed by atoms with Crippen molar-refractivity contribution < 1.29 is 22.7 Å². The summed E-state index contributed by atoms with van der Waals surface area (Å²) < 4.78 is 1.44. The summed E-state index contributed by atoms with van der Waals surface area (Å²) in [6.45, 7) is 10.9. The van der Waals surface area contributed by atoms with Crippen molar-refractivity contribution in [3.63, 3.8) is 0 Å². The summed E-state index contributed by atoms with van der Waals surface area (Å²) >= 11 is 0.891. The molecule has 1 aliphatic heterocycles. The van der Waals surface area contributed by atoms with Crippen molar-refractivity contribution in [2.45, 2.75) is 134 Å². The summed E-state index contributed by atoms with van der Waals surface area (Å²) in [5.41, 5.74) is 22.3. The molecular weight excluding hydrogens is 761 g/mol. The fourth-order valence-corrected chi connectivity index (χ4v) is 9.04. The molecule has 0 atom stereocenters. The van der Waals surface area contributed by atoms with E-state index in [1.807, 2.05) is 0 Å². The van der Waals surface area contributed by atoms with E-state index in [4.69, 9.17) is 0 Å². The molecule has 0 saturated heterocycles. The van der Waals surface area contributed by atoms with Crippen LogP contribution in [-0.4, -0.2) is 17.8 Å². The van der Waals surface area contributed by atoms with E-state index in [1.165, 1.54) is 126 Å². The molecule has 0 bridgehead atoms. The number of rotatable bonds is 24. The molecule has 0 unspecified atom stereocenters. The second-order valence-corrected chi connectivity index (χ2v) is 17.1. The molecule has 0 amide bonds. The Balaban J connectivity index is 0.000000328. The Morgan fingerprint density at radius 2 is 0.964 bits per heavy atom. The summed E-state index contributed by atoms with van der Waals surface area (Å²) in [5.74, 6) is 0. The number of allylic oxidation sites excluding steroid dienone is 2. The molecule has 4 heteroatoms. The van der Waals surface area contributed by atoms with Crippen molar-refractivity contribution >= 4 is 17.1 Å². The Morgan fingerprint density at radius 3 is 1.51 bits per heavy atom. The van der Waals surface area contributed by atoms with Gasteiger partial charge in [0.15, 0.2) is 0 Å². The molecule has 55 heavy (non-hydrogen) atoms. The molecule has 3 nitrogen and oxygen atoms in total. The average Bonchev–Trinajstić information content (AvgIpc) is 3.56. The van der Waals surface area contributed by atoms with Crippen LogP contribution in [0, 0.1) is 0 Å². The van der Waals surface area contributed by atoms with E-state index in [-0.39, 0.29) is 0 Å². The van der Waals surface area contributed by atoms with Crippen LogP contribution in [0.4, 0.5) is 5.69 Å². The predicted molar refractivity (Wildman–Crippen MR) is 235 cm³/mol. The third kappa shape index (κ3) is 15.5. The summed E-state index contributed by atoms with van der Waals surface area (Å²) in [6.07, 6.45) is 21.0. The van der Waals surface area contributed by atoms with Gasteiger partial charge in [-0.3, -0.25) is 0 Å². The quantitative estimate of drug-likeness (QED) is 0.0393. The van der Waals surface area contributed by atoms with Gasteiger partial charge in [0.05, 0.1) is 0 Å². The van der Waals surface area contributed by atoms with Crippen LogP contribution in [0.3, 0.4) is 0 Å². The molecule has 298 valence electrons. The number of benzene rings is 4. The van der Waals surface area contributed by atoms with E-state index in [2.05, 4.69) is 148 Å². The van der Waals surface area contributed by atoms with Crippen LogP contribution in [0.5, 0.6) is 0 Å². The predicted octanol–water partition coefficient (Wildman–Crippen LogP) is 15.0. The Hall–Kier alpha value is -3.58. The van der Waals surface area contributed by atoms with Gasteiger partial charge in [0, 0.05) is 41.6 Å². The third-order valence-electron chi connectivity index (χ3n) is 10.6. The second-order valence-electron chi connectivity index (χ2n) is 14.8. The first-order chi connectivity index (χ1) is 27.1. The minimum atomic E-state index is 0.882. The molecule has 0 saturated carbocycles. The normalized spacial score (nSPS) is 12.5. The number of hydrogen-bond acceptors (Lipinski definition) is 1. The van der Waals surface area contributed by atoms with Crippen molar-refractivity contribution in [2.75, 3.05) is 18.0 Å². The van der Waals surface area contributed by atoms with Crippen LogP contribution >= 0.6 is 0 Å².